The molecule has 0 aliphatic carbocycles. The number of anilines is 1. The Morgan fingerprint density at radius 3 is 2.44 bits per heavy atom. The zero-order valence-corrected chi connectivity index (χ0v) is 18.7. The van der Waals surface area contributed by atoms with Crippen molar-refractivity contribution in [2.24, 2.45) is 0 Å². The quantitative estimate of drug-likeness (QED) is 0.165. The predicted molar refractivity (Wildman–Crippen MR) is 119 cm³/mol. The summed E-state index contributed by atoms with van der Waals surface area (Å²) in [4.78, 5) is 57.6. The molecule has 0 fully saturated rings. The van der Waals surface area contributed by atoms with Crippen LogP contribution >= 0.6 is 0 Å². The molecule has 1 amide bonds. The predicted octanol–water partition coefficient (Wildman–Crippen LogP) is 0.416. The minimum Gasteiger partial charge on any atom is -0.595 e. The first-order valence-corrected chi connectivity index (χ1v) is 9.92. The van der Waals surface area contributed by atoms with Crippen LogP contribution in [0.1, 0.15) is 22.7 Å². The Kier molecular flexibility index (Phi) is 7.05. The van der Waals surface area contributed by atoms with Crippen LogP contribution in [0.15, 0.2) is 35.1 Å². The van der Waals surface area contributed by atoms with Crippen LogP contribution in [0.5, 0.6) is 5.75 Å². The first-order chi connectivity index (χ1) is 16.1. The SMILES string of the molecule is COC(=O)C(C(=O)C(=O)Nc1ccc(OC)cc1[NH+]([O-])O)c1nc2cc(C)c(C)cc2[nH]c1=O. The number of carbonyl (C=O) groups excluding carboxylic acids is 3. The zero-order chi connectivity index (χ0) is 25.2. The number of hydrogen-bond acceptors (Lipinski definition) is 9. The Balaban J connectivity index is 2.03. The van der Waals surface area contributed by atoms with Crippen molar-refractivity contribution in [3.05, 3.63) is 62.7 Å². The molecular weight excluding hydrogens is 448 g/mol. The van der Waals surface area contributed by atoms with Crippen molar-refractivity contribution in [2.75, 3.05) is 19.5 Å². The van der Waals surface area contributed by atoms with Crippen molar-refractivity contribution >= 4 is 40.1 Å². The van der Waals surface area contributed by atoms with E-state index in [1.807, 2.05) is 13.8 Å². The number of aromatic amines is 1. The molecule has 0 aliphatic rings. The molecule has 1 aromatic heterocycles. The Bertz CT molecular complexity index is 1350. The number of quaternary nitrogens is 1. The van der Waals surface area contributed by atoms with Gasteiger partial charge in [-0.25, -0.2) is 10.2 Å². The molecule has 3 rings (SSSR count). The second-order valence-corrected chi connectivity index (χ2v) is 7.40. The van der Waals surface area contributed by atoms with E-state index in [-0.39, 0.29) is 17.1 Å². The molecule has 0 aliphatic heterocycles. The van der Waals surface area contributed by atoms with Crippen molar-refractivity contribution in [1.82, 2.24) is 9.97 Å². The lowest BCUT2D eigenvalue weighted by Gasteiger charge is -2.18. The van der Waals surface area contributed by atoms with Gasteiger partial charge < -0.3 is 25.0 Å². The fourth-order valence-electron chi connectivity index (χ4n) is 3.27. The van der Waals surface area contributed by atoms with Gasteiger partial charge in [-0.15, -0.1) is 0 Å². The molecule has 0 bridgehead atoms. The second-order valence-electron chi connectivity index (χ2n) is 7.40. The van der Waals surface area contributed by atoms with Crippen molar-refractivity contribution in [3.63, 3.8) is 0 Å². The molecular formula is C22H22N4O8. The number of nitrogens with zero attached hydrogens (tertiary/aromatic N) is 1. The minimum absolute atomic E-state index is 0.207. The average Bonchev–Trinajstić information content (AvgIpc) is 2.80. The molecule has 3 aromatic rings. The number of methoxy groups -OCH3 is 2. The molecule has 0 radical (unpaired) electrons. The van der Waals surface area contributed by atoms with Gasteiger partial charge in [0.1, 0.15) is 17.1 Å². The summed E-state index contributed by atoms with van der Waals surface area (Å²) in [5, 5.41) is 21.7. The molecule has 1 heterocycles. The van der Waals surface area contributed by atoms with Crippen molar-refractivity contribution < 1.29 is 34.3 Å². The molecule has 2 unspecified atom stereocenters. The molecule has 12 nitrogen and oxygen atoms in total. The van der Waals surface area contributed by atoms with Crippen molar-refractivity contribution in [2.45, 2.75) is 19.8 Å². The van der Waals surface area contributed by atoms with Gasteiger partial charge in [-0.2, -0.15) is 5.23 Å². The highest BCUT2D eigenvalue weighted by Crippen LogP contribution is 2.25. The number of aromatic nitrogens is 2. The van der Waals surface area contributed by atoms with Gasteiger partial charge in [-0.05, 0) is 49.2 Å². The normalized spacial score (nSPS) is 12.6. The van der Waals surface area contributed by atoms with Crippen LogP contribution in [-0.4, -0.2) is 47.1 Å². The maximum atomic E-state index is 13.0. The van der Waals surface area contributed by atoms with E-state index >= 15 is 0 Å². The largest absolute Gasteiger partial charge is 0.595 e. The molecule has 0 saturated heterocycles. The number of amides is 1. The van der Waals surface area contributed by atoms with E-state index in [0.717, 1.165) is 24.3 Å². The van der Waals surface area contributed by atoms with Gasteiger partial charge in [0.2, 0.25) is 5.78 Å². The lowest BCUT2D eigenvalue weighted by atomic mass is 9.99. The number of H-pyrrole nitrogens is 1. The second kappa shape index (κ2) is 9.79. The number of carbonyl (C=O) groups is 3. The summed E-state index contributed by atoms with van der Waals surface area (Å²) in [6.45, 7) is 3.67. The highest BCUT2D eigenvalue weighted by atomic mass is 16.8. The standard InChI is InChI=1S/C22H22N4O8/c1-10-7-14-15(8-11(10)2)25-20(28)18(23-14)17(22(30)34-4)19(27)21(29)24-13-6-5-12(33-3)9-16(13)26(31)32/h5-9,17,26,31H,1-4H3,(H,24,29)(H,25,28). The number of rotatable bonds is 7. The summed E-state index contributed by atoms with van der Waals surface area (Å²) in [5.74, 6) is -5.60. The molecule has 178 valence electrons. The number of ketones is 1. The summed E-state index contributed by atoms with van der Waals surface area (Å²) in [6.07, 6.45) is 0. The van der Waals surface area contributed by atoms with E-state index in [0.29, 0.717) is 11.0 Å². The Labute approximate surface area is 192 Å². The molecule has 4 N–H and O–H groups in total. The van der Waals surface area contributed by atoms with Gasteiger partial charge in [-0.3, -0.25) is 19.2 Å². The lowest BCUT2D eigenvalue weighted by Crippen LogP contribution is -2.99. The van der Waals surface area contributed by atoms with Crippen LogP contribution in [0.25, 0.3) is 11.0 Å². The average molecular weight is 470 g/mol. The summed E-state index contributed by atoms with van der Waals surface area (Å²) in [7, 11) is 2.33. The van der Waals surface area contributed by atoms with Gasteiger partial charge in [0.25, 0.3) is 11.5 Å². The highest BCUT2D eigenvalue weighted by molar-refractivity contribution is 6.45. The summed E-state index contributed by atoms with van der Waals surface area (Å²) in [5.41, 5.74) is 0.539. The topological polar surface area (TPSA) is 175 Å². The third-order valence-electron chi connectivity index (χ3n) is 5.24. The first kappa shape index (κ1) is 24.5. The van der Waals surface area contributed by atoms with E-state index in [1.165, 1.54) is 19.2 Å². The smallest absolute Gasteiger partial charge is 0.323 e. The van der Waals surface area contributed by atoms with Gasteiger partial charge in [0, 0.05) is 6.07 Å². The Hall–Kier alpha value is -4.13. The third kappa shape index (κ3) is 4.78. The Morgan fingerprint density at radius 1 is 1.15 bits per heavy atom. The van der Waals surface area contributed by atoms with Crippen LogP contribution < -0.4 is 20.8 Å². The molecule has 34 heavy (non-hydrogen) atoms. The fraction of sp³-hybridized carbons (Fsp3) is 0.227. The number of benzene rings is 2. The molecule has 2 atom stereocenters. The van der Waals surface area contributed by atoms with Gasteiger partial charge in [0.05, 0.1) is 25.3 Å². The summed E-state index contributed by atoms with van der Waals surface area (Å²) in [6, 6.07) is 7.12. The lowest BCUT2D eigenvalue weighted by molar-refractivity contribution is -0.990. The van der Waals surface area contributed by atoms with E-state index in [2.05, 4.69) is 20.0 Å². The third-order valence-corrected chi connectivity index (χ3v) is 5.24. The fourth-order valence-corrected chi connectivity index (χ4v) is 3.27. The number of fused-ring (bicyclic) bond motifs is 1. The first-order valence-electron chi connectivity index (χ1n) is 9.92. The van der Waals surface area contributed by atoms with E-state index in [4.69, 9.17) is 4.74 Å². The summed E-state index contributed by atoms with van der Waals surface area (Å²) < 4.78 is 9.62. The molecule has 12 heteroatoms. The number of ether oxygens (including phenoxy) is 2. The summed E-state index contributed by atoms with van der Waals surface area (Å²) >= 11 is 0. The number of Topliss-reactive ketones (excluding diaryl/α,β-unsaturated/α-hetero) is 1. The van der Waals surface area contributed by atoms with Gasteiger partial charge >= 0.3 is 5.97 Å². The minimum atomic E-state index is -1.97. The number of hydrogen-bond donors (Lipinski definition) is 4. The van der Waals surface area contributed by atoms with Crippen LogP contribution in [-0.2, 0) is 19.1 Å². The molecule has 0 saturated carbocycles. The van der Waals surface area contributed by atoms with Crippen LogP contribution in [0.3, 0.4) is 0 Å². The van der Waals surface area contributed by atoms with Crippen LogP contribution in [0.2, 0.25) is 0 Å². The van der Waals surface area contributed by atoms with Gasteiger partial charge in [0.15, 0.2) is 11.6 Å². The molecule has 2 aromatic carbocycles. The highest BCUT2D eigenvalue weighted by Gasteiger charge is 2.38. The number of aryl methyl sites for hydroxylation is 2. The van der Waals surface area contributed by atoms with Crippen molar-refractivity contribution in [3.8, 4) is 5.75 Å². The Morgan fingerprint density at radius 2 is 1.82 bits per heavy atom. The van der Waals surface area contributed by atoms with Crippen LogP contribution in [0.4, 0.5) is 11.4 Å². The van der Waals surface area contributed by atoms with E-state index in [1.54, 1.807) is 12.1 Å². The zero-order valence-electron chi connectivity index (χ0n) is 18.7. The number of nitrogens with one attached hydrogen (secondary N) is 3. The van der Waals surface area contributed by atoms with E-state index in [9.17, 15) is 29.6 Å². The maximum absolute atomic E-state index is 13.0. The van der Waals surface area contributed by atoms with E-state index < -0.39 is 40.1 Å². The monoisotopic (exact) mass is 470 g/mol. The molecule has 0 spiro atoms. The number of esters is 1. The van der Waals surface area contributed by atoms with Gasteiger partial charge in [-0.1, -0.05) is 0 Å². The van der Waals surface area contributed by atoms with Crippen molar-refractivity contribution in [1.29, 1.82) is 0 Å². The maximum Gasteiger partial charge on any atom is 0.323 e. The van der Waals surface area contributed by atoms with Crippen LogP contribution in [0, 0.1) is 19.1 Å².